The van der Waals surface area contributed by atoms with Crippen molar-refractivity contribution in [3.63, 3.8) is 0 Å². The molecule has 0 atom stereocenters. The minimum Gasteiger partial charge on any atom is -0.331 e. The van der Waals surface area contributed by atoms with Crippen molar-refractivity contribution in [1.82, 2.24) is 9.97 Å². The van der Waals surface area contributed by atoms with Crippen molar-refractivity contribution in [1.29, 1.82) is 0 Å². The van der Waals surface area contributed by atoms with Crippen molar-refractivity contribution in [2.24, 2.45) is 0 Å². The second kappa shape index (κ2) is 5.71. The van der Waals surface area contributed by atoms with E-state index in [0.717, 1.165) is 0 Å². The number of carbonyl (C=O) groups excluding carboxylic acids is 1. The number of imidazole rings is 1. The Hall–Kier alpha value is -1.78. The molecule has 1 aromatic carbocycles. The zero-order chi connectivity index (χ0) is 13.0. The molecule has 0 spiro atoms. The number of benzene rings is 1. The van der Waals surface area contributed by atoms with Crippen LogP contribution in [0.15, 0.2) is 36.7 Å². The number of H-pyrrole nitrogens is 1. The molecule has 0 radical (unpaired) electrons. The number of hydrogen-bond acceptors (Lipinski definition) is 2. The lowest BCUT2D eigenvalue weighted by atomic mass is 10.2. The Labute approximate surface area is 114 Å². The van der Waals surface area contributed by atoms with Gasteiger partial charge in [0.15, 0.2) is 0 Å². The van der Waals surface area contributed by atoms with E-state index in [0.29, 0.717) is 21.6 Å². The monoisotopic (exact) mass is 281 g/mol. The number of halogens is 2. The summed E-state index contributed by atoms with van der Waals surface area (Å²) >= 11 is 11.8. The molecule has 92 valence electrons. The molecular weight excluding hydrogens is 273 g/mol. The van der Waals surface area contributed by atoms with Crippen molar-refractivity contribution in [3.8, 4) is 0 Å². The number of nitrogens with one attached hydrogen (secondary N) is 2. The Morgan fingerprint density at radius 2 is 2.22 bits per heavy atom. The van der Waals surface area contributed by atoms with E-state index in [9.17, 15) is 4.79 Å². The second-order valence-corrected chi connectivity index (χ2v) is 4.19. The van der Waals surface area contributed by atoms with Crippen molar-refractivity contribution in [2.75, 3.05) is 5.32 Å². The van der Waals surface area contributed by atoms with E-state index in [1.54, 1.807) is 36.7 Å². The first kappa shape index (κ1) is 12.7. The highest BCUT2D eigenvalue weighted by Crippen LogP contribution is 2.26. The lowest BCUT2D eigenvalue weighted by Crippen LogP contribution is -2.08. The Balaban J connectivity index is 2.06. The second-order valence-electron chi connectivity index (χ2n) is 3.40. The summed E-state index contributed by atoms with van der Waals surface area (Å²) < 4.78 is 0. The van der Waals surface area contributed by atoms with Gasteiger partial charge in [0.1, 0.15) is 0 Å². The smallest absolute Gasteiger partial charge is 0.250 e. The van der Waals surface area contributed by atoms with Gasteiger partial charge in [-0.15, -0.1) is 0 Å². The molecule has 0 saturated heterocycles. The van der Waals surface area contributed by atoms with Crippen molar-refractivity contribution in [3.05, 3.63) is 52.3 Å². The number of amides is 1. The molecule has 0 fully saturated rings. The van der Waals surface area contributed by atoms with Gasteiger partial charge in [-0.05, 0) is 17.7 Å². The summed E-state index contributed by atoms with van der Waals surface area (Å²) in [6.45, 7) is 0. The average Bonchev–Trinajstić information content (AvgIpc) is 2.84. The van der Waals surface area contributed by atoms with Crippen LogP contribution in [0.1, 0.15) is 5.56 Å². The molecule has 0 bridgehead atoms. The number of rotatable bonds is 3. The molecule has 0 aliphatic rings. The molecule has 2 rings (SSSR count). The highest BCUT2D eigenvalue weighted by atomic mass is 35.5. The predicted octanol–water partition coefficient (Wildman–Crippen LogP) is 3.37. The predicted molar refractivity (Wildman–Crippen MR) is 72.7 cm³/mol. The molecule has 1 amide bonds. The van der Waals surface area contributed by atoms with Crippen LogP contribution in [0.5, 0.6) is 0 Å². The van der Waals surface area contributed by atoms with Crippen LogP contribution in [0, 0.1) is 0 Å². The van der Waals surface area contributed by atoms with Crippen molar-refractivity contribution < 1.29 is 4.79 Å². The first-order valence-electron chi connectivity index (χ1n) is 5.09. The molecule has 2 aromatic rings. The summed E-state index contributed by atoms with van der Waals surface area (Å²) in [6.07, 6.45) is 6.12. The molecule has 0 unspecified atom stereocenters. The lowest BCUT2D eigenvalue weighted by Gasteiger charge is -2.00. The van der Waals surface area contributed by atoms with Crippen LogP contribution >= 0.6 is 23.2 Å². The largest absolute Gasteiger partial charge is 0.331 e. The van der Waals surface area contributed by atoms with Gasteiger partial charge in [0.25, 0.3) is 5.91 Å². The summed E-state index contributed by atoms with van der Waals surface area (Å²) in [7, 11) is 0. The van der Waals surface area contributed by atoms with E-state index in [1.807, 2.05) is 0 Å². The third kappa shape index (κ3) is 3.12. The van der Waals surface area contributed by atoms with Gasteiger partial charge in [0.05, 0.1) is 10.0 Å². The van der Waals surface area contributed by atoms with Gasteiger partial charge in [-0.2, -0.15) is 0 Å². The van der Waals surface area contributed by atoms with Crippen LogP contribution in [0.3, 0.4) is 0 Å². The van der Waals surface area contributed by atoms with E-state index in [4.69, 9.17) is 23.2 Å². The maximum atomic E-state index is 11.5. The van der Waals surface area contributed by atoms with Gasteiger partial charge < -0.3 is 4.98 Å². The number of hydrogen-bond donors (Lipinski definition) is 2. The number of nitrogens with zero attached hydrogens (tertiary/aromatic N) is 1. The summed E-state index contributed by atoms with van der Waals surface area (Å²) in [4.78, 5) is 18.2. The van der Waals surface area contributed by atoms with E-state index < -0.39 is 0 Å². The summed E-state index contributed by atoms with van der Waals surface area (Å²) in [5.41, 5.74) is 0.679. The first-order chi connectivity index (χ1) is 8.66. The van der Waals surface area contributed by atoms with Gasteiger partial charge in [-0.3, -0.25) is 10.1 Å². The zero-order valence-electron chi connectivity index (χ0n) is 9.15. The summed E-state index contributed by atoms with van der Waals surface area (Å²) in [5, 5.41) is 3.42. The van der Waals surface area contributed by atoms with Crippen LogP contribution < -0.4 is 5.32 Å². The number of anilines is 1. The average molecular weight is 282 g/mol. The van der Waals surface area contributed by atoms with Crippen LogP contribution in [0.25, 0.3) is 6.08 Å². The standard InChI is InChI=1S/C12H9Cl2N3O/c13-9-3-1-2-8(11(9)14)4-5-10(18)17-12-15-6-7-16-12/h1-7H,(H2,15,16,17,18). The summed E-state index contributed by atoms with van der Waals surface area (Å²) in [6, 6.07) is 5.22. The first-order valence-corrected chi connectivity index (χ1v) is 5.85. The van der Waals surface area contributed by atoms with Crippen LogP contribution in [-0.4, -0.2) is 15.9 Å². The fraction of sp³-hybridized carbons (Fsp3) is 0. The zero-order valence-corrected chi connectivity index (χ0v) is 10.7. The fourth-order valence-electron chi connectivity index (χ4n) is 1.31. The van der Waals surface area contributed by atoms with Crippen molar-refractivity contribution in [2.45, 2.75) is 0 Å². The van der Waals surface area contributed by atoms with Crippen LogP contribution in [0.4, 0.5) is 5.95 Å². The molecule has 2 N–H and O–H groups in total. The maximum absolute atomic E-state index is 11.5. The molecule has 1 heterocycles. The fourth-order valence-corrected chi connectivity index (χ4v) is 1.68. The molecule has 6 heteroatoms. The van der Waals surface area contributed by atoms with E-state index in [-0.39, 0.29) is 5.91 Å². The van der Waals surface area contributed by atoms with E-state index in [2.05, 4.69) is 15.3 Å². The molecule has 0 aliphatic carbocycles. The number of carbonyl (C=O) groups is 1. The Kier molecular flexibility index (Phi) is 4.02. The molecule has 0 aliphatic heterocycles. The third-order valence-electron chi connectivity index (χ3n) is 2.14. The third-order valence-corrected chi connectivity index (χ3v) is 2.97. The quantitative estimate of drug-likeness (QED) is 0.848. The van der Waals surface area contributed by atoms with E-state index in [1.165, 1.54) is 6.08 Å². The van der Waals surface area contributed by atoms with E-state index >= 15 is 0 Å². The topological polar surface area (TPSA) is 57.8 Å². The lowest BCUT2D eigenvalue weighted by molar-refractivity contribution is -0.111. The molecule has 0 saturated carbocycles. The number of aromatic amines is 1. The summed E-state index contributed by atoms with van der Waals surface area (Å²) in [5.74, 6) is 0.0860. The van der Waals surface area contributed by atoms with Gasteiger partial charge in [-0.1, -0.05) is 35.3 Å². The van der Waals surface area contributed by atoms with Gasteiger partial charge >= 0.3 is 0 Å². The van der Waals surface area contributed by atoms with Gasteiger partial charge in [0, 0.05) is 18.5 Å². The maximum Gasteiger partial charge on any atom is 0.250 e. The Morgan fingerprint density at radius 1 is 1.39 bits per heavy atom. The minimum atomic E-state index is -0.305. The molecule has 18 heavy (non-hydrogen) atoms. The molecule has 4 nitrogen and oxygen atoms in total. The normalized spacial score (nSPS) is 10.8. The van der Waals surface area contributed by atoms with Crippen molar-refractivity contribution >= 4 is 41.1 Å². The van der Waals surface area contributed by atoms with Gasteiger partial charge in [-0.25, -0.2) is 4.98 Å². The highest BCUT2D eigenvalue weighted by Gasteiger charge is 2.02. The minimum absolute atomic E-state index is 0.305. The highest BCUT2D eigenvalue weighted by molar-refractivity contribution is 6.42. The number of aromatic nitrogens is 2. The molecular formula is C12H9Cl2N3O. The van der Waals surface area contributed by atoms with Crippen LogP contribution in [-0.2, 0) is 4.79 Å². The Morgan fingerprint density at radius 3 is 2.94 bits per heavy atom. The van der Waals surface area contributed by atoms with Gasteiger partial charge in [0.2, 0.25) is 5.95 Å². The van der Waals surface area contributed by atoms with Crippen LogP contribution in [0.2, 0.25) is 10.0 Å². The molecule has 1 aromatic heterocycles. The Bertz CT molecular complexity index is 579. The SMILES string of the molecule is O=C(C=Cc1cccc(Cl)c1Cl)Nc1ncc[nH]1.